The number of benzene rings is 6. The Balaban J connectivity index is 1.44. The van der Waals surface area contributed by atoms with E-state index in [0.717, 1.165) is 44.8 Å². The third-order valence-corrected chi connectivity index (χ3v) is 8.72. The summed E-state index contributed by atoms with van der Waals surface area (Å²) < 4.78 is 4.54. The van der Waals surface area contributed by atoms with Crippen molar-refractivity contribution in [1.29, 1.82) is 0 Å². The van der Waals surface area contributed by atoms with Crippen LogP contribution >= 0.6 is 0 Å². The zero-order valence-corrected chi connectivity index (χ0v) is 23.9. The molecule has 3 nitrogen and oxygen atoms in total. The van der Waals surface area contributed by atoms with E-state index in [0.29, 0.717) is 0 Å². The molecule has 0 unspecified atom stereocenters. The van der Waals surface area contributed by atoms with Gasteiger partial charge in [0.05, 0.1) is 22.2 Å². The minimum absolute atomic E-state index is 0.973. The topological polar surface area (TPSA) is 22.2 Å². The van der Waals surface area contributed by atoms with Gasteiger partial charge >= 0.3 is 0 Å². The molecule has 206 valence electrons. The third-order valence-electron chi connectivity index (χ3n) is 8.72. The zero-order chi connectivity index (χ0) is 29.0. The van der Waals surface area contributed by atoms with Crippen LogP contribution in [0.2, 0.25) is 0 Å². The number of nitrogens with zero attached hydrogens (tertiary/aromatic N) is 3. The van der Waals surface area contributed by atoms with Crippen molar-refractivity contribution in [3.05, 3.63) is 164 Å². The van der Waals surface area contributed by atoms with E-state index in [1.54, 1.807) is 0 Å². The standard InChI is InChI=1S/C41H27N3/c1-4-14-28(15-5-1)37-26-30-18-10-11-21-33(30)41-39(40(42-44(37)41)29-16-6-2-7-17-29)31-24-25-35-34-22-12-13-23-36(34)43(38(35)27-31)32-19-8-3-9-20-32/h1-27H. The monoisotopic (exact) mass is 561 g/mol. The molecule has 44 heavy (non-hydrogen) atoms. The van der Waals surface area contributed by atoms with Crippen molar-refractivity contribution in [2.75, 3.05) is 0 Å². The molecule has 3 aromatic heterocycles. The van der Waals surface area contributed by atoms with Gasteiger partial charge in [0.25, 0.3) is 0 Å². The highest BCUT2D eigenvalue weighted by atomic mass is 15.2. The number of para-hydroxylation sites is 2. The summed E-state index contributed by atoms with van der Waals surface area (Å²) in [5.74, 6) is 0. The van der Waals surface area contributed by atoms with E-state index >= 15 is 0 Å². The van der Waals surface area contributed by atoms with Crippen LogP contribution in [0.3, 0.4) is 0 Å². The first-order valence-electron chi connectivity index (χ1n) is 15.0. The lowest BCUT2D eigenvalue weighted by molar-refractivity contribution is 0.979. The summed E-state index contributed by atoms with van der Waals surface area (Å²) in [5.41, 5.74) is 11.2. The minimum Gasteiger partial charge on any atom is -0.309 e. The van der Waals surface area contributed by atoms with Crippen molar-refractivity contribution in [2.24, 2.45) is 0 Å². The lowest BCUT2D eigenvalue weighted by atomic mass is 9.96. The third kappa shape index (κ3) is 3.73. The van der Waals surface area contributed by atoms with Crippen LogP contribution < -0.4 is 0 Å². The molecule has 0 aliphatic rings. The molecule has 0 bridgehead atoms. The van der Waals surface area contributed by atoms with Gasteiger partial charge in [0.1, 0.15) is 5.69 Å². The lowest BCUT2D eigenvalue weighted by Crippen LogP contribution is -1.95. The van der Waals surface area contributed by atoms with Gasteiger partial charge in [0, 0.05) is 38.5 Å². The second-order valence-corrected chi connectivity index (χ2v) is 11.3. The Labute approximate surface area is 254 Å². The van der Waals surface area contributed by atoms with Crippen LogP contribution in [0.25, 0.3) is 77.4 Å². The van der Waals surface area contributed by atoms with Gasteiger partial charge in [-0.15, -0.1) is 0 Å². The Morgan fingerprint density at radius 2 is 1.05 bits per heavy atom. The minimum atomic E-state index is 0.973. The van der Waals surface area contributed by atoms with Crippen LogP contribution in [0.4, 0.5) is 0 Å². The maximum atomic E-state index is 5.40. The average Bonchev–Trinajstić information content (AvgIpc) is 3.66. The molecule has 0 aliphatic heterocycles. The molecule has 0 fully saturated rings. The molecule has 0 spiro atoms. The van der Waals surface area contributed by atoms with E-state index in [9.17, 15) is 0 Å². The largest absolute Gasteiger partial charge is 0.309 e. The number of hydrogen-bond donors (Lipinski definition) is 0. The van der Waals surface area contributed by atoms with Gasteiger partial charge in [0.15, 0.2) is 0 Å². The smallest absolute Gasteiger partial charge is 0.101 e. The van der Waals surface area contributed by atoms with Crippen LogP contribution in [0.5, 0.6) is 0 Å². The highest BCUT2D eigenvalue weighted by Crippen LogP contribution is 2.43. The number of fused-ring (bicyclic) bond motifs is 6. The van der Waals surface area contributed by atoms with Crippen LogP contribution in [0.15, 0.2) is 164 Å². The first kappa shape index (κ1) is 24.6. The molecule has 0 atom stereocenters. The number of rotatable bonds is 4. The number of pyridine rings is 1. The van der Waals surface area contributed by atoms with Crippen molar-refractivity contribution in [1.82, 2.24) is 14.2 Å². The fourth-order valence-electron chi connectivity index (χ4n) is 6.76. The Morgan fingerprint density at radius 1 is 0.432 bits per heavy atom. The summed E-state index contributed by atoms with van der Waals surface area (Å²) in [4.78, 5) is 0. The Hall–Kier alpha value is -5.93. The highest BCUT2D eigenvalue weighted by Gasteiger charge is 2.22. The first-order chi connectivity index (χ1) is 21.8. The fraction of sp³-hybridized carbons (Fsp3) is 0. The summed E-state index contributed by atoms with van der Waals surface area (Å²) in [5, 5.41) is 10.3. The summed E-state index contributed by atoms with van der Waals surface area (Å²) in [6.07, 6.45) is 0. The summed E-state index contributed by atoms with van der Waals surface area (Å²) in [7, 11) is 0. The summed E-state index contributed by atoms with van der Waals surface area (Å²) >= 11 is 0. The molecule has 0 saturated carbocycles. The molecule has 9 rings (SSSR count). The van der Waals surface area contributed by atoms with Gasteiger partial charge in [-0.3, -0.25) is 0 Å². The molecule has 3 heterocycles. The summed E-state index contributed by atoms with van der Waals surface area (Å²) in [6, 6.07) is 58.3. The molecule has 0 amide bonds. The van der Waals surface area contributed by atoms with Crippen molar-refractivity contribution < 1.29 is 0 Å². The molecule has 0 N–H and O–H groups in total. The summed E-state index contributed by atoms with van der Waals surface area (Å²) in [6.45, 7) is 0. The average molecular weight is 562 g/mol. The Morgan fingerprint density at radius 3 is 1.82 bits per heavy atom. The molecular formula is C41H27N3. The van der Waals surface area contributed by atoms with Crippen molar-refractivity contribution in [3.8, 4) is 39.3 Å². The van der Waals surface area contributed by atoms with E-state index in [1.807, 2.05) is 0 Å². The van der Waals surface area contributed by atoms with Crippen LogP contribution in [0, 0.1) is 0 Å². The Bertz CT molecular complexity index is 2470. The quantitative estimate of drug-likeness (QED) is 0.209. The fourth-order valence-corrected chi connectivity index (χ4v) is 6.76. The van der Waals surface area contributed by atoms with Crippen LogP contribution in [-0.2, 0) is 0 Å². The van der Waals surface area contributed by atoms with E-state index in [1.165, 1.54) is 32.6 Å². The van der Waals surface area contributed by atoms with Crippen LogP contribution in [-0.4, -0.2) is 14.2 Å². The number of hydrogen-bond acceptors (Lipinski definition) is 1. The second kappa shape index (κ2) is 9.82. The van der Waals surface area contributed by atoms with Gasteiger partial charge in [-0.25, -0.2) is 4.52 Å². The predicted octanol–water partition coefficient (Wildman–Crippen LogP) is 10.6. The van der Waals surface area contributed by atoms with Crippen molar-refractivity contribution in [3.63, 3.8) is 0 Å². The van der Waals surface area contributed by atoms with E-state index in [4.69, 9.17) is 5.10 Å². The van der Waals surface area contributed by atoms with Gasteiger partial charge < -0.3 is 4.57 Å². The molecule has 0 saturated heterocycles. The maximum absolute atomic E-state index is 5.40. The molecule has 6 aromatic carbocycles. The van der Waals surface area contributed by atoms with E-state index < -0.39 is 0 Å². The zero-order valence-electron chi connectivity index (χ0n) is 23.9. The maximum Gasteiger partial charge on any atom is 0.101 e. The molecular weight excluding hydrogens is 534 g/mol. The Kier molecular flexibility index (Phi) is 5.50. The van der Waals surface area contributed by atoms with Gasteiger partial charge in [-0.1, -0.05) is 133 Å². The van der Waals surface area contributed by atoms with E-state index in [-0.39, 0.29) is 0 Å². The molecule has 0 aliphatic carbocycles. The van der Waals surface area contributed by atoms with Crippen molar-refractivity contribution in [2.45, 2.75) is 0 Å². The SMILES string of the molecule is c1ccc(-c2nn3c(-c4ccccc4)cc4ccccc4c3c2-c2ccc3c4ccccc4n(-c4ccccc4)c3c2)cc1. The lowest BCUT2D eigenvalue weighted by Gasteiger charge is -2.11. The normalized spacial score (nSPS) is 11.6. The predicted molar refractivity (Wildman–Crippen MR) is 183 cm³/mol. The molecule has 0 radical (unpaired) electrons. The number of aromatic nitrogens is 3. The van der Waals surface area contributed by atoms with Gasteiger partial charge in [-0.2, -0.15) is 5.10 Å². The van der Waals surface area contributed by atoms with Gasteiger partial charge in [-0.05, 0) is 41.3 Å². The second-order valence-electron chi connectivity index (χ2n) is 11.3. The van der Waals surface area contributed by atoms with E-state index in [2.05, 4.69) is 173 Å². The molecule has 3 heteroatoms. The van der Waals surface area contributed by atoms with Crippen molar-refractivity contribution >= 4 is 38.1 Å². The van der Waals surface area contributed by atoms with Gasteiger partial charge in [0.2, 0.25) is 0 Å². The first-order valence-corrected chi connectivity index (χ1v) is 15.0. The van der Waals surface area contributed by atoms with Crippen LogP contribution in [0.1, 0.15) is 0 Å². The highest BCUT2D eigenvalue weighted by molar-refractivity contribution is 6.13. The molecule has 9 aromatic rings.